The Hall–Kier alpha value is -3.49. The summed E-state index contributed by atoms with van der Waals surface area (Å²) in [4.78, 5) is 23.3. The highest BCUT2D eigenvalue weighted by Crippen LogP contribution is 2.35. The number of anilines is 1. The van der Waals surface area contributed by atoms with Gasteiger partial charge in [0, 0.05) is 18.2 Å². The molecule has 0 saturated heterocycles. The van der Waals surface area contributed by atoms with E-state index in [1.165, 1.54) is 11.9 Å². The number of aromatic nitrogens is 2. The van der Waals surface area contributed by atoms with Gasteiger partial charge >= 0.3 is 0 Å². The Balaban J connectivity index is 1.66. The fourth-order valence-electron chi connectivity index (χ4n) is 4.02. The summed E-state index contributed by atoms with van der Waals surface area (Å²) in [6.07, 6.45) is 0.649. The average molecular weight is 459 g/mol. The topological polar surface area (TPSA) is 55.3 Å². The van der Waals surface area contributed by atoms with Gasteiger partial charge in [-0.15, -0.1) is 0 Å². The predicted octanol–water partition coefficient (Wildman–Crippen LogP) is 4.63. The fourth-order valence-corrected chi connectivity index (χ4v) is 4.02. The Morgan fingerprint density at radius 2 is 1.73 bits per heavy atom. The van der Waals surface area contributed by atoms with Crippen LogP contribution < -0.4 is 9.64 Å². The number of fused-ring (bicyclic) bond motifs is 3. The SMILES string of the molecule is COc1ccc2c(c1)CCc1nc(N(C)C(=O)Cc3c(C)c(F)c(F)c(F)c3F)c(C)nc1-2. The molecule has 0 atom stereocenters. The minimum Gasteiger partial charge on any atom is -0.497 e. The van der Waals surface area contributed by atoms with E-state index in [1.807, 2.05) is 18.2 Å². The number of halogens is 4. The molecule has 1 amide bonds. The third kappa shape index (κ3) is 3.81. The highest BCUT2D eigenvalue weighted by molar-refractivity contribution is 5.94. The molecule has 1 aliphatic carbocycles. The van der Waals surface area contributed by atoms with Crippen LogP contribution in [0.5, 0.6) is 5.75 Å². The molecular formula is C24H21F4N3O2. The second kappa shape index (κ2) is 8.46. The minimum atomic E-state index is -1.94. The summed E-state index contributed by atoms with van der Waals surface area (Å²) in [6, 6.07) is 5.71. The van der Waals surface area contributed by atoms with Crippen molar-refractivity contribution >= 4 is 11.7 Å². The van der Waals surface area contributed by atoms with Crippen molar-refractivity contribution in [2.75, 3.05) is 19.1 Å². The van der Waals surface area contributed by atoms with Crippen LogP contribution in [-0.4, -0.2) is 30.0 Å². The van der Waals surface area contributed by atoms with E-state index in [-0.39, 0.29) is 5.82 Å². The lowest BCUT2D eigenvalue weighted by Gasteiger charge is -2.24. The van der Waals surface area contributed by atoms with Gasteiger partial charge in [0.1, 0.15) is 5.75 Å². The fraction of sp³-hybridized carbons (Fsp3) is 0.292. The summed E-state index contributed by atoms with van der Waals surface area (Å²) < 4.78 is 60.5. The number of hydrogen-bond donors (Lipinski definition) is 0. The van der Waals surface area contributed by atoms with E-state index in [1.54, 1.807) is 14.0 Å². The molecule has 0 saturated carbocycles. The molecule has 3 aromatic rings. The zero-order valence-corrected chi connectivity index (χ0v) is 18.5. The van der Waals surface area contributed by atoms with Crippen LogP contribution >= 0.6 is 0 Å². The van der Waals surface area contributed by atoms with Crippen LogP contribution in [0.4, 0.5) is 23.4 Å². The quantitative estimate of drug-likeness (QED) is 0.324. The summed E-state index contributed by atoms with van der Waals surface area (Å²) in [5.41, 5.74) is 2.91. The first-order chi connectivity index (χ1) is 15.6. The maximum atomic E-state index is 14.2. The van der Waals surface area contributed by atoms with Crippen molar-refractivity contribution in [1.29, 1.82) is 0 Å². The Morgan fingerprint density at radius 1 is 1.03 bits per heavy atom. The van der Waals surface area contributed by atoms with Crippen LogP contribution in [0, 0.1) is 37.1 Å². The normalized spacial score (nSPS) is 12.2. The van der Waals surface area contributed by atoms with Gasteiger partial charge in [0.2, 0.25) is 5.91 Å². The lowest BCUT2D eigenvalue weighted by Crippen LogP contribution is -2.31. The van der Waals surface area contributed by atoms with Crippen molar-refractivity contribution in [1.82, 2.24) is 9.97 Å². The Morgan fingerprint density at radius 3 is 2.42 bits per heavy atom. The zero-order valence-electron chi connectivity index (χ0n) is 18.5. The number of nitrogens with zero attached hydrogens (tertiary/aromatic N) is 3. The van der Waals surface area contributed by atoms with E-state index in [4.69, 9.17) is 4.74 Å². The summed E-state index contributed by atoms with van der Waals surface area (Å²) >= 11 is 0. The molecule has 0 unspecified atom stereocenters. The first-order valence-corrected chi connectivity index (χ1v) is 10.3. The lowest BCUT2D eigenvalue weighted by atomic mass is 9.91. The molecule has 0 radical (unpaired) electrons. The van der Waals surface area contributed by atoms with E-state index in [0.717, 1.165) is 23.8 Å². The van der Waals surface area contributed by atoms with E-state index in [9.17, 15) is 22.4 Å². The second-order valence-electron chi connectivity index (χ2n) is 7.94. The molecule has 0 spiro atoms. The first-order valence-electron chi connectivity index (χ1n) is 10.3. The highest BCUT2D eigenvalue weighted by Gasteiger charge is 2.27. The van der Waals surface area contributed by atoms with Crippen LogP contribution in [0.1, 0.15) is 28.1 Å². The molecule has 0 aliphatic heterocycles. The standard InChI is InChI=1S/C24H21F4N3O2/c1-11-16(20(26)22(28)21(27)19(11)25)10-18(32)31(3)24-12(2)29-23-15-7-6-14(33-4)9-13(15)5-8-17(23)30-24/h6-7,9H,5,8,10H2,1-4H3. The third-order valence-corrected chi connectivity index (χ3v) is 5.96. The highest BCUT2D eigenvalue weighted by atomic mass is 19.2. The summed E-state index contributed by atoms with van der Waals surface area (Å²) in [6.45, 7) is 2.78. The van der Waals surface area contributed by atoms with Gasteiger partial charge in [-0.2, -0.15) is 0 Å². The number of amides is 1. The van der Waals surface area contributed by atoms with Crippen LogP contribution in [0.25, 0.3) is 11.3 Å². The zero-order chi connectivity index (χ0) is 24.0. The number of carbonyl (C=O) groups excluding carboxylic acids is 1. The van der Waals surface area contributed by atoms with Gasteiger partial charge in [0.05, 0.1) is 30.6 Å². The van der Waals surface area contributed by atoms with Crippen molar-refractivity contribution in [3.8, 4) is 17.0 Å². The smallest absolute Gasteiger partial charge is 0.232 e. The maximum absolute atomic E-state index is 14.2. The van der Waals surface area contributed by atoms with Gasteiger partial charge < -0.3 is 4.74 Å². The Labute approximate surface area is 188 Å². The molecule has 172 valence electrons. The minimum absolute atomic E-state index is 0.261. The van der Waals surface area contributed by atoms with E-state index in [2.05, 4.69) is 9.97 Å². The lowest BCUT2D eigenvalue weighted by molar-refractivity contribution is -0.117. The molecule has 4 rings (SSSR count). The molecule has 0 bridgehead atoms. The molecule has 0 N–H and O–H groups in total. The van der Waals surface area contributed by atoms with Crippen LogP contribution in [0.15, 0.2) is 18.2 Å². The van der Waals surface area contributed by atoms with E-state index < -0.39 is 46.7 Å². The van der Waals surface area contributed by atoms with Crippen molar-refractivity contribution in [2.24, 2.45) is 0 Å². The molecule has 5 nitrogen and oxygen atoms in total. The number of carbonyl (C=O) groups is 1. The Kier molecular flexibility index (Phi) is 5.82. The van der Waals surface area contributed by atoms with E-state index >= 15 is 0 Å². The van der Waals surface area contributed by atoms with Crippen molar-refractivity contribution in [3.05, 3.63) is 69.5 Å². The first kappa shape index (κ1) is 22.7. The van der Waals surface area contributed by atoms with Gasteiger partial charge in [-0.3, -0.25) is 9.69 Å². The van der Waals surface area contributed by atoms with Gasteiger partial charge in [-0.1, -0.05) is 0 Å². The summed E-state index contributed by atoms with van der Waals surface area (Å²) in [5, 5.41) is 0. The number of likely N-dealkylation sites (N-methyl/N-ethyl adjacent to an activating group) is 1. The number of ether oxygens (including phenoxy) is 1. The monoisotopic (exact) mass is 459 g/mol. The van der Waals surface area contributed by atoms with Crippen molar-refractivity contribution in [2.45, 2.75) is 33.1 Å². The molecule has 0 fully saturated rings. The molecule has 33 heavy (non-hydrogen) atoms. The Bertz CT molecular complexity index is 1260. The van der Waals surface area contributed by atoms with Crippen molar-refractivity contribution in [3.63, 3.8) is 0 Å². The number of methoxy groups -OCH3 is 1. The van der Waals surface area contributed by atoms with Crippen molar-refractivity contribution < 1.29 is 27.1 Å². The van der Waals surface area contributed by atoms with Crippen LogP contribution in [-0.2, 0) is 24.1 Å². The van der Waals surface area contributed by atoms with Gasteiger partial charge in [0.15, 0.2) is 29.1 Å². The molecule has 1 heterocycles. The second-order valence-corrected chi connectivity index (χ2v) is 7.94. The van der Waals surface area contributed by atoms with Gasteiger partial charge in [0.25, 0.3) is 0 Å². The summed E-state index contributed by atoms with van der Waals surface area (Å²) in [7, 11) is 3.03. The van der Waals surface area contributed by atoms with Crippen LogP contribution in [0.3, 0.4) is 0 Å². The van der Waals surface area contributed by atoms with E-state index in [0.29, 0.717) is 29.9 Å². The van der Waals surface area contributed by atoms with Crippen LogP contribution in [0.2, 0.25) is 0 Å². The molecular weight excluding hydrogens is 438 g/mol. The molecule has 1 aromatic heterocycles. The predicted molar refractivity (Wildman–Crippen MR) is 114 cm³/mol. The molecule has 1 aliphatic rings. The number of benzene rings is 2. The average Bonchev–Trinajstić information content (AvgIpc) is 2.82. The number of rotatable bonds is 4. The third-order valence-electron chi connectivity index (χ3n) is 5.96. The largest absolute Gasteiger partial charge is 0.497 e. The maximum Gasteiger partial charge on any atom is 0.232 e. The summed E-state index contributed by atoms with van der Waals surface area (Å²) in [5.74, 6) is -6.59. The van der Waals surface area contributed by atoms with Gasteiger partial charge in [-0.25, -0.2) is 27.5 Å². The molecule has 2 aromatic carbocycles. The molecule has 9 heteroatoms. The van der Waals surface area contributed by atoms with Gasteiger partial charge in [-0.05, 0) is 56.0 Å². The number of hydrogen-bond acceptors (Lipinski definition) is 4. The number of aryl methyl sites for hydroxylation is 3.